The smallest absolute Gasteiger partial charge is 0 e. The first kappa shape index (κ1) is 17.2. The predicted octanol–water partition coefficient (Wildman–Crippen LogP) is 2.22. The van der Waals surface area contributed by atoms with Crippen LogP contribution in [-0.4, -0.2) is 54.0 Å². The quantitative estimate of drug-likeness (QED) is 0.509. The fraction of sp³-hybridized carbons (Fsp3) is 0. The molecule has 0 aliphatic carbocycles. The fourth-order valence-electron chi connectivity index (χ4n) is 0. The Hall–Kier alpha value is 4.06. The van der Waals surface area contributed by atoms with Crippen molar-refractivity contribution in [2.45, 2.75) is 0 Å². The molecule has 0 rings (SSSR count). The third-order valence-electron chi connectivity index (χ3n) is 0. The van der Waals surface area contributed by atoms with Crippen molar-refractivity contribution in [3.63, 3.8) is 0 Å². The Kier molecular flexibility index (Phi) is 20.1. The molecule has 0 N–H and O–H groups in total. The molecular formula is H2CaCl4PbTi. The van der Waals surface area contributed by atoms with E-state index >= 15 is 0 Å². The summed E-state index contributed by atoms with van der Waals surface area (Å²) in [7, 11) is 20.2. The van der Waals surface area contributed by atoms with Gasteiger partial charge in [-0.3, -0.25) is 0 Å². The maximum Gasteiger partial charge on any atom is 0 e. The normalized spacial score (nSPS) is 8.57. The Bertz CT molecular complexity index is 34.0. The van der Waals surface area contributed by atoms with E-state index < -0.39 is 16.3 Å². The standard InChI is InChI=1S/Ca.4ClH.Pb.Ti.2H/h;4*1H;;;;/q+2;;;;;+4;;2*-1/p-4. The molecule has 0 bridgehead atoms. The second-order valence-corrected chi connectivity index (χ2v) is 33.8. The number of hydrogen-bond donors (Lipinski definition) is 0. The van der Waals surface area contributed by atoms with Crippen LogP contribution in [0.3, 0.4) is 0 Å². The first-order chi connectivity index (χ1) is 2.00. The number of hydrogen-bond acceptors (Lipinski definition) is 0. The van der Waals surface area contributed by atoms with E-state index in [1.807, 2.05) is 0 Å². The molecule has 0 radical (unpaired) electrons. The molecule has 0 atom stereocenters. The van der Waals surface area contributed by atoms with Crippen molar-refractivity contribution >= 4 is 87.3 Å². The van der Waals surface area contributed by atoms with Crippen LogP contribution in [0.15, 0.2) is 0 Å². The summed E-state index contributed by atoms with van der Waals surface area (Å²) in [4.78, 5) is 0. The van der Waals surface area contributed by atoms with E-state index in [1.54, 1.807) is 0 Å². The second-order valence-electron chi connectivity index (χ2n) is 0.429. The first-order valence-electron chi connectivity index (χ1n) is 0.756. The largest absolute Gasteiger partial charge is 1.00 e. The zero-order valence-electron chi connectivity index (χ0n) is 5.22. The van der Waals surface area contributed by atoms with Gasteiger partial charge in [-0.15, -0.1) is 0 Å². The van der Waals surface area contributed by atoms with Crippen LogP contribution in [-0.2, 0) is 21.7 Å². The molecule has 0 saturated heterocycles. The summed E-state index contributed by atoms with van der Waals surface area (Å²) in [5.41, 5.74) is 0. The van der Waals surface area contributed by atoms with Gasteiger partial charge in [-0.1, -0.05) is 0 Å². The van der Waals surface area contributed by atoms with Crippen LogP contribution < -0.4 is 0 Å². The summed E-state index contributed by atoms with van der Waals surface area (Å²) in [6.45, 7) is 0. The molecule has 0 fully saturated rings. The molecule has 7 heteroatoms. The van der Waals surface area contributed by atoms with Crippen LogP contribution in [0.4, 0.5) is 0 Å². The van der Waals surface area contributed by atoms with Gasteiger partial charge in [-0.05, 0) is 0 Å². The minimum atomic E-state index is -3.39. The van der Waals surface area contributed by atoms with Gasteiger partial charge in [0.15, 0.2) is 0 Å². The zero-order chi connectivity index (χ0) is 4.50. The Labute approximate surface area is 109 Å². The van der Waals surface area contributed by atoms with E-state index in [2.05, 4.69) is 0 Å². The molecule has 0 nitrogen and oxygen atoms in total. The van der Waals surface area contributed by atoms with Crippen molar-refractivity contribution in [2.24, 2.45) is 0 Å². The SMILES string of the molecule is [Ca+2].[Cl][Pb]([Cl])([Cl])[Cl].[H-].[H-].[Ti]. The van der Waals surface area contributed by atoms with E-state index in [4.69, 9.17) is 33.3 Å². The fourth-order valence-corrected chi connectivity index (χ4v) is 0. The van der Waals surface area contributed by atoms with Gasteiger partial charge in [-0.25, -0.2) is 0 Å². The number of rotatable bonds is 0. The third kappa shape index (κ3) is 39.7. The van der Waals surface area contributed by atoms with Gasteiger partial charge >= 0.3 is 87.3 Å². The molecule has 0 aromatic rings. The Morgan fingerprint density at radius 3 is 1.00 bits per heavy atom. The Balaban J connectivity index is -0.0000000133. The summed E-state index contributed by atoms with van der Waals surface area (Å²) in [6.07, 6.45) is 0. The van der Waals surface area contributed by atoms with Crippen molar-refractivity contribution < 1.29 is 24.6 Å². The second kappa shape index (κ2) is 8.16. The van der Waals surface area contributed by atoms with Gasteiger partial charge in [0, 0.05) is 21.7 Å². The summed E-state index contributed by atoms with van der Waals surface area (Å²) in [5.74, 6) is 0. The van der Waals surface area contributed by atoms with Crippen LogP contribution >= 0.6 is 33.3 Å². The average molecular weight is 439 g/mol. The zero-order valence-corrected chi connectivity index (χ0v) is 13.9. The molecule has 0 aliphatic rings. The van der Waals surface area contributed by atoms with Crippen LogP contribution in [0.2, 0.25) is 0 Å². The summed E-state index contributed by atoms with van der Waals surface area (Å²) in [5, 5.41) is 0. The molecule has 40 valence electrons. The first-order valence-corrected chi connectivity index (χ1v) is 19.9. The summed E-state index contributed by atoms with van der Waals surface area (Å²) in [6, 6.07) is 0. The van der Waals surface area contributed by atoms with Crippen LogP contribution in [0.25, 0.3) is 0 Å². The van der Waals surface area contributed by atoms with Gasteiger partial charge in [0.05, 0.1) is 0 Å². The maximum atomic E-state index is 5.05. The molecule has 0 aromatic heterocycles. The van der Waals surface area contributed by atoms with Crippen molar-refractivity contribution in [1.29, 1.82) is 0 Å². The van der Waals surface area contributed by atoms with Gasteiger partial charge in [0.2, 0.25) is 0 Å². The predicted molar refractivity (Wildman–Crippen MR) is 37.1 cm³/mol. The molecule has 0 unspecified atom stereocenters. The van der Waals surface area contributed by atoms with Gasteiger partial charge < -0.3 is 2.85 Å². The third-order valence-corrected chi connectivity index (χ3v) is 0. The van der Waals surface area contributed by atoms with E-state index in [9.17, 15) is 0 Å². The van der Waals surface area contributed by atoms with Gasteiger partial charge in [0.25, 0.3) is 0 Å². The summed E-state index contributed by atoms with van der Waals surface area (Å²) >= 11 is -3.39. The average Bonchev–Trinajstić information content (AvgIpc) is 0.722. The van der Waals surface area contributed by atoms with E-state index in [1.165, 1.54) is 0 Å². The molecule has 0 aromatic carbocycles. The molecule has 7 heavy (non-hydrogen) atoms. The van der Waals surface area contributed by atoms with Crippen LogP contribution in [0.1, 0.15) is 2.85 Å². The van der Waals surface area contributed by atoms with Crippen molar-refractivity contribution in [3.05, 3.63) is 0 Å². The maximum absolute atomic E-state index is 5.05. The van der Waals surface area contributed by atoms with E-state index in [-0.39, 0.29) is 62.3 Å². The summed E-state index contributed by atoms with van der Waals surface area (Å²) < 4.78 is 0. The van der Waals surface area contributed by atoms with Crippen molar-refractivity contribution in [2.75, 3.05) is 0 Å². The molecule has 0 amide bonds. The molecule has 0 spiro atoms. The van der Waals surface area contributed by atoms with E-state index in [0.717, 1.165) is 0 Å². The van der Waals surface area contributed by atoms with Crippen LogP contribution in [0, 0.1) is 0 Å². The topological polar surface area (TPSA) is 0 Å². The Morgan fingerprint density at radius 2 is 1.00 bits per heavy atom. The molecule has 0 aliphatic heterocycles. The van der Waals surface area contributed by atoms with Gasteiger partial charge in [0.1, 0.15) is 0 Å². The molecule has 0 heterocycles. The minimum absolute atomic E-state index is 0. The molecule has 0 saturated carbocycles. The monoisotopic (exact) mass is 438 g/mol. The van der Waals surface area contributed by atoms with E-state index in [0.29, 0.717) is 0 Å². The van der Waals surface area contributed by atoms with Crippen molar-refractivity contribution in [3.8, 4) is 0 Å². The van der Waals surface area contributed by atoms with Crippen LogP contribution in [0.5, 0.6) is 0 Å². The van der Waals surface area contributed by atoms with Gasteiger partial charge in [-0.2, -0.15) is 0 Å². The molecular weight excluding hydrogens is 437 g/mol. The van der Waals surface area contributed by atoms with Crippen molar-refractivity contribution in [1.82, 2.24) is 0 Å². The number of halogens is 4. The Morgan fingerprint density at radius 1 is 1.00 bits per heavy atom. The minimum Gasteiger partial charge on any atom is -1.00 e.